The lowest BCUT2D eigenvalue weighted by Gasteiger charge is -2.18. The number of hydrogen-bond acceptors (Lipinski definition) is 8. The summed E-state index contributed by atoms with van der Waals surface area (Å²) in [6.45, 7) is 5.30. The maximum absolute atomic E-state index is 11.6. The molecule has 1 heterocycles. The second kappa shape index (κ2) is 8.84. The second-order valence-corrected chi connectivity index (χ2v) is 6.25. The highest BCUT2D eigenvalue weighted by Crippen LogP contribution is 2.25. The predicted octanol–water partition coefficient (Wildman–Crippen LogP) is 3.14. The topological polar surface area (TPSA) is 104 Å². The van der Waals surface area contributed by atoms with Gasteiger partial charge < -0.3 is 18.9 Å². The van der Waals surface area contributed by atoms with Gasteiger partial charge in [0.15, 0.2) is 0 Å². The highest BCUT2D eigenvalue weighted by atomic mass is 16.6. The third kappa shape index (κ3) is 6.46. The summed E-state index contributed by atoms with van der Waals surface area (Å²) in [5.74, 6) is 1.03. The first-order chi connectivity index (χ1) is 12.8. The molecule has 2 rings (SSSR count). The number of hydrogen-bond donors (Lipinski definition) is 1. The molecule has 0 unspecified atom stereocenters. The van der Waals surface area contributed by atoms with Gasteiger partial charge >= 0.3 is 12.1 Å². The van der Waals surface area contributed by atoms with Gasteiger partial charge in [0.05, 0.1) is 26.5 Å². The van der Waals surface area contributed by atoms with Crippen molar-refractivity contribution >= 4 is 12.3 Å². The molecule has 1 N–H and O–H groups in total. The van der Waals surface area contributed by atoms with Crippen LogP contribution in [0.1, 0.15) is 26.3 Å². The van der Waals surface area contributed by atoms with E-state index in [1.165, 1.54) is 26.5 Å². The van der Waals surface area contributed by atoms with Gasteiger partial charge in [-0.15, -0.1) is 0 Å². The van der Waals surface area contributed by atoms with E-state index in [1.54, 1.807) is 45.0 Å². The average Bonchev–Trinajstić information content (AvgIpc) is 2.61. The smallest absolute Gasteiger partial charge is 0.428 e. The van der Waals surface area contributed by atoms with E-state index < -0.39 is 11.7 Å². The van der Waals surface area contributed by atoms with Crippen LogP contribution in [0.5, 0.6) is 23.5 Å². The molecule has 0 saturated carbocycles. The summed E-state index contributed by atoms with van der Waals surface area (Å²) in [4.78, 5) is 19.9. The van der Waals surface area contributed by atoms with Gasteiger partial charge in [-0.2, -0.15) is 15.1 Å². The van der Waals surface area contributed by atoms with Crippen LogP contribution in [0.2, 0.25) is 0 Å². The van der Waals surface area contributed by atoms with Gasteiger partial charge in [0, 0.05) is 5.56 Å². The van der Waals surface area contributed by atoms with E-state index in [0.29, 0.717) is 23.1 Å². The zero-order chi connectivity index (χ0) is 19.9. The molecular weight excluding hydrogens is 352 g/mol. The minimum Gasteiger partial charge on any atom is -0.481 e. The third-order valence-electron chi connectivity index (χ3n) is 2.96. The molecule has 0 aliphatic carbocycles. The molecule has 0 spiro atoms. The Morgan fingerprint density at radius 3 is 2.33 bits per heavy atom. The number of hydrazone groups is 1. The number of carbonyl (C=O) groups excluding carboxylic acids is 1. The molecule has 0 radical (unpaired) electrons. The van der Waals surface area contributed by atoms with Gasteiger partial charge in [0.25, 0.3) is 0 Å². The summed E-state index contributed by atoms with van der Waals surface area (Å²) in [5, 5.41) is 3.88. The molecule has 0 saturated heterocycles. The molecular formula is C18H22N4O5. The summed E-state index contributed by atoms with van der Waals surface area (Å²) in [7, 11) is 2.96. The van der Waals surface area contributed by atoms with E-state index in [2.05, 4.69) is 20.5 Å². The van der Waals surface area contributed by atoms with Crippen LogP contribution in [0.4, 0.5) is 4.79 Å². The Balaban J connectivity index is 2.14. The lowest BCUT2D eigenvalue weighted by molar-refractivity contribution is 0.0529. The lowest BCUT2D eigenvalue weighted by Crippen LogP contribution is -2.29. The number of rotatable bonds is 6. The normalized spacial score (nSPS) is 11.1. The molecule has 1 aromatic carbocycles. The summed E-state index contributed by atoms with van der Waals surface area (Å²) >= 11 is 0. The maximum atomic E-state index is 11.6. The van der Waals surface area contributed by atoms with Gasteiger partial charge in [0.2, 0.25) is 11.8 Å². The molecule has 1 amide bonds. The number of amides is 1. The zero-order valence-electron chi connectivity index (χ0n) is 15.8. The van der Waals surface area contributed by atoms with E-state index in [9.17, 15) is 4.79 Å². The number of carbonyl (C=O) groups is 1. The molecule has 9 heteroatoms. The van der Waals surface area contributed by atoms with Gasteiger partial charge in [-0.1, -0.05) is 12.1 Å². The first-order valence-electron chi connectivity index (χ1n) is 8.06. The van der Waals surface area contributed by atoms with Crippen LogP contribution in [0.15, 0.2) is 35.4 Å². The number of benzene rings is 1. The largest absolute Gasteiger partial charge is 0.481 e. The van der Waals surface area contributed by atoms with Crippen LogP contribution < -0.4 is 19.6 Å². The number of ether oxygens (including phenoxy) is 4. The van der Waals surface area contributed by atoms with Gasteiger partial charge in [-0.25, -0.2) is 10.2 Å². The molecule has 27 heavy (non-hydrogen) atoms. The zero-order valence-corrected chi connectivity index (χ0v) is 15.8. The molecule has 0 aliphatic rings. The minimum absolute atomic E-state index is 0.0483. The Hall–Kier alpha value is -3.36. The third-order valence-corrected chi connectivity index (χ3v) is 2.96. The first kappa shape index (κ1) is 20.0. The van der Waals surface area contributed by atoms with Crippen molar-refractivity contribution in [3.63, 3.8) is 0 Å². The molecule has 0 bridgehead atoms. The highest BCUT2D eigenvalue weighted by molar-refractivity contribution is 5.84. The molecule has 0 aliphatic heterocycles. The number of aromatic nitrogens is 2. The average molecular weight is 374 g/mol. The van der Waals surface area contributed by atoms with Crippen LogP contribution in [0, 0.1) is 0 Å². The van der Waals surface area contributed by atoms with Crippen molar-refractivity contribution in [2.24, 2.45) is 5.10 Å². The molecule has 0 atom stereocenters. The first-order valence-corrected chi connectivity index (χ1v) is 8.06. The quantitative estimate of drug-likeness (QED) is 0.612. The standard InChI is InChI=1S/C18H22N4O5/c1-18(2,3)27-17(23)22-19-11-12-8-6-7-9-13(12)26-16-20-14(24-4)10-15(21-16)25-5/h6-11H,1-5H3,(H,22,23). The Kier molecular flexibility index (Phi) is 6.53. The van der Waals surface area contributed by atoms with Crippen molar-refractivity contribution in [1.82, 2.24) is 15.4 Å². The minimum atomic E-state index is -0.655. The van der Waals surface area contributed by atoms with Gasteiger partial charge in [-0.05, 0) is 32.9 Å². The molecule has 2 aromatic rings. The van der Waals surface area contributed by atoms with Crippen LogP contribution in [0.3, 0.4) is 0 Å². The van der Waals surface area contributed by atoms with E-state index in [4.69, 9.17) is 18.9 Å². The van der Waals surface area contributed by atoms with Crippen LogP contribution in [-0.2, 0) is 4.74 Å². The van der Waals surface area contributed by atoms with Gasteiger partial charge in [-0.3, -0.25) is 0 Å². The fourth-order valence-electron chi connectivity index (χ4n) is 1.87. The SMILES string of the molecule is COc1cc(OC)nc(Oc2ccccc2C=NNC(=O)OC(C)(C)C)n1. The molecule has 1 aromatic heterocycles. The Morgan fingerprint density at radius 1 is 1.11 bits per heavy atom. The molecule has 9 nitrogen and oxygen atoms in total. The Labute approximate surface area is 157 Å². The van der Waals surface area contributed by atoms with Crippen molar-refractivity contribution in [2.45, 2.75) is 26.4 Å². The fraction of sp³-hybridized carbons (Fsp3) is 0.333. The van der Waals surface area contributed by atoms with E-state index in [0.717, 1.165) is 0 Å². The molecule has 0 fully saturated rings. The number of nitrogens with one attached hydrogen (secondary N) is 1. The van der Waals surface area contributed by atoms with E-state index in [-0.39, 0.29) is 6.01 Å². The van der Waals surface area contributed by atoms with Crippen LogP contribution >= 0.6 is 0 Å². The number of nitrogens with zero attached hydrogens (tertiary/aromatic N) is 3. The van der Waals surface area contributed by atoms with Crippen molar-refractivity contribution in [3.05, 3.63) is 35.9 Å². The van der Waals surface area contributed by atoms with Crippen LogP contribution in [0.25, 0.3) is 0 Å². The summed E-state index contributed by atoms with van der Waals surface area (Å²) in [5.41, 5.74) is 2.29. The number of para-hydroxylation sites is 1. The molecule has 144 valence electrons. The number of methoxy groups -OCH3 is 2. The van der Waals surface area contributed by atoms with Crippen LogP contribution in [-0.4, -0.2) is 42.1 Å². The second-order valence-electron chi connectivity index (χ2n) is 6.25. The summed E-state index contributed by atoms with van der Waals surface area (Å²) in [6.07, 6.45) is 0.773. The predicted molar refractivity (Wildman–Crippen MR) is 98.6 cm³/mol. The van der Waals surface area contributed by atoms with E-state index >= 15 is 0 Å². The van der Waals surface area contributed by atoms with E-state index in [1.807, 2.05) is 0 Å². The van der Waals surface area contributed by atoms with Crippen molar-refractivity contribution < 1.29 is 23.7 Å². The van der Waals surface area contributed by atoms with Crippen molar-refractivity contribution in [3.8, 4) is 23.5 Å². The van der Waals surface area contributed by atoms with Gasteiger partial charge in [0.1, 0.15) is 11.4 Å². The summed E-state index contributed by atoms with van der Waals surface area (Å²) in [6, 6.07) is 8.63. The van der Waals surface area contributed by atoms with Crippen molar-refractivity contribution in [2.75, 3.05) is 14.2 Å². The highest BCUT2D eigenvalue weighted by Gasteiger charge is 2.15. The maximum Gasteiger partial charge on any atom is 0.428 e. The Bertz CT molecular complexity index is 795. The summed E-state index contributed by atoms with van der Waals surface area (Å²) < 4.78 is 21.0. The Morgan fingerprint density at radius 2 is 1.74 bits per heavy atom. The van der Waals surface area contributed by atoms with Crippen molar-refractivity contribution in [1.29, 1.82) is 0 Å². The monoisotopic (exact) mass is 374 g/mol. The lowest BCUT2D eigenvalue weighted by atomic mass is 10.2. The fourth-order valence-corrected chi connectivity index (χ4v) is 1.87.